The summed E-state index contributed by atoms with van der Waals surface area (Å²) in [5.74, 6) is -3.63. The van der Waals surface area contributed by atoms with Crippen LogP contribution >= 0.6 is 0 Å². The number of halogens is 2. The normalized spacial score (nSPS) is 13.6. The molecule has 1 unspecified atom stereocenters. The number of hydroxylamine groups is 1. The van der Waals surface area contributed by atoms with Crippen LogP contribution in [-0.2, 0) is 30.3 Å². The Morgan fingerprint density at radius 3 is 2.09 bits per heavy atom. The minimum atomic E-state index is -4.57. The highest BCUT2D eigenvalue weighted by atomic mass is 32.2. The van der Waals surface area contributed by atoms with E-state index < -0.39 is 55.1 Å². The monoisotopic (exact) mass is 491 g/mol. The predicted octanol–water partition coefficient (Wildman–Crippen LogP) is 1.39. The molecule has 0 saturated carbocycles. The van der Waals surface area contributed by atoms with Gasteiger partial charge in [-0.1, -0.05) is 32.9 Å². The molecular formula is C19H23F2N3O6S2. The molecule has 4 N–H and O–H groups in total. The number of carbonyl (C=O) groups is 1. The van der Waals surface area contributed by atoms with Crippen LogP contribution in [0.1, 0.15) is 26.3 Å². The molecule has 32 heavy (non-hydrogen) atoms. The third kappa shape index (κ3) is 6.29. The number of nitrogens with one attached hydrogen (secondary N) is 3. The minimum absolute atomic E-state index is 0.200. The lowest BCUT2D eigenvalue weighted by Gasteiger charge is -2.20. The largest absolute Gasteiger partial charge is 0.289 e. The fourth-order valence-electron chi connectivity index (χ4n) is 2.62. The number of carbonyl (C=O) groups excluding carboxylic acids is 1. The molecule has 0 radical (unpaired) electrons. The molecule has 0 aliphatic carbocycles. The molecule has 0 aliphatic heterocycles. The van der Waals surface area contributed by atoms with Crippen molar-refractivity contribution in [3.8, 4) is 0 Å². The van der Waals surface area contributed by atoms with Crippen molar-refractivity contribution in [2.24, 2.45) is 0 Å². The highest BCUT2D eigenvalue weighted by Crippen LogP contribution is 2.23. The Labute approximate surface area is 184 Å². The summed E-state index contributed by atoms with van der Waals surface area (Å²) in [5.41, 5.74) is 1.86. The molecule has 0 saturated heterocycles. The van der Waals surface area contributed by atoms with Crippen molar-refractivity contribution in [3.05, 3.63) is 59.7 Å². The first kappa shape index (κ1) is 25.8. The minimum Gasteiger partial charge on any atom is -0.289 e. The zero-order valence-electron chi connectivity index (χ0n) is 17.4. The van der Waals surface area contributed by atoms with Crippen LogP contribution in [0.15, 0.2) is 52.3 Å². The summed E-state index contributed by atoms with van der Waals surface area (Å²) in [6.07, 6.45) is 0. The van der Waals surface area contributed by atoms with Crippen LogP contribution in [0.5, 0.6) is 0 Å². The Kier molecular flexibility index (Phi) is 7.73. The average molecular weight is 492 g/mol. The molecule has 176 valence electrons. The second-order valence-electron chi connectivity index (χ2n) is 7.85. The lowest BCUT2D eigenvalue weighted by atomic mass is 9.87. The fraction of sp³-hybridized carbons (Fsp3) is 0.316. The third-order valence-corrected chi connectivity index (χ3v) is 7.36. The van der Waals surface area contributed by atoms with Gasteiger partial charge < -0.3 is 0 Å². The summed E-state index contributed by atoms with van der Waals surface area (Å²) in [5, 5.41) is 8.91. The van der Waals surface area contributed by atoms with Gasteiger partial charge in [-0.15, -0.1) is 0 Å². The van der Waals surface area contributed by atoms with Gasteiger partial charge in [-0.05, 0) is 35.2 Å². The van der Waals surface area contributed by atoms with Crippen molar-refractivity contribution in [3.63, 3.8) is 0 Å². The molecule has 9 nitrogen and oxygen atoms in total. The zero-order chi connectivity index (χ0) is 24.3. The molecule has 2 rings (SSSR count). The predicted molar refractivity (Wildman–Crippen MR) is 111 cm³/mol. The van der Waals surface area contributed by atoms with Crippen LogP contribution in [-0.4, -0.2) is 40.5 Å². The number of rotatable bonds is 8. The van der Waals surface area contributed by atoms with E-state index in [1.165, 1.54) is 17.6 Å². The third-order valence-electron chi connectivity index (χ3n) is 4.42. The summed E-state index contributed by atoms with van der Waals surface area (Å²) in [6, 6.07) is 5.78. The quantitative estimate of drug-likeness (QED) is 0.325. The van der Waals surface area contributed by atoms with E-state index in [0.29, 0.717) is 12.1 Å². The van der Waals surface area contributed by atoms with E-state index in [9.17, 15) is 30.4 Å². The Balaban J connectivity index is 2.24. The summed E-state index contributed by atoms with van der Waals surface area (Å²) in [6.45, 7) is 4.94. The van der Waals surface area contributed by atoms with E-state index >= 15 is 0 Å². The van der Waals surface area contributed by atoms with Gasteiger partial charge in [0.15, 0.2) is 0 Å². The zero-order valence-corrected chi connectivity index (χ0v) is 19.0. The molecule has 0 spiro atoms. The Morgan fingerprint density at radius 2 is 1.59 bits per heavy atom. The lowest BCUT2D eigenvalue weighted by molar-refractivity contribution is -0.130. The second kappa shape index (κ2) is 9.58. The molecule has 0 heterocycles. The smallest absolute Gasteiger partial charge is 0.262 e. The molecule has 2 aromatic rings. The molecule has 1 amide bonds. The highest BCUT2D eigenvalue weighted by molar-refractivity contribution is 7.90. The van der Waals surface area contributed by atoms with Crippen molar-refractivity contribution in [2.75, 3.05) is 6.54 Å². The van der Waals surface area contributed by atoms with E-state index in [1.807, 2.05) is 30.2 Å². The van der Waals surface area contributed by atoms with E-state index in [1.54, 1.807) is 12.1 Å². The van der Waals surface area contributed by atoms with Crippen LogP contribution in [0.2, 0.25) is 0 Å². The Morgan fingerprint density at radius 1 is 1.00 bits per heavy atom. The van der Waals surface area contributed by atoms with Crippen molar-refractivity contribution in [1.82, 2.24) is 14.9 Å². The van der Waals surface area contributed by atoms with E-state index in [0.717, 1.165) is 11.6 Å². The van der Waals surface area contributed by atoms with E-state index in [2.05, 4.69) is 0 Å². The molecule has 1 atom stereocenters. The first-order valence-electron chi connectivity index (χ1n) is 9.19. The summed E-state index contributed by atoms with van der Waals surface area (Å²) in [7, 11) is -8.88. The highest BCUT2D eigenvalue weighted by Gasteiger charge is 2.29. The molecule has 0 bridgehead atoms. The maximum Gasteiger partial charge on any atom is 0.262 e. The first-order valence-corrected chi connectivity index (χ1v) is 12.2. The van der Waals surface area contributed by atoms with Gasteiger partial charge in [0.05, 0.1) is 4.90 Å². The van der Waals surface area contributed by atoms with Crippen LogP contribution in [0, 0.1) is 11.6 Å². The lowest BCUT2D eigenvalue weighted by Crippen LogP contribution is -2.51. The molecule has 0 aromatic heterocycles. The molecule has 2 aromatic carbocycles. The Hall–Kier alpha value is -2.45. The van der Waals surface area contributed by atoms with Crippen molar-refractivity contribution in [1.29, 1.82) is 0 Å². The maximum atomic E-state index is 13.8. The standard InChI is InChI=1S/C19H23F2N3O6S2/c1-19(2,3)12-4-7-14(8-5-12)31(27,28)24-16(18(25)23-26)11-22-32(29,30)17-9-6-13(20)10-15(17)21/h4-10,16,22,24,26H,11H2,1-3H3,(H,23,25). The number of sulfonamides is 2. The van der Waals surface area contributed by atoms with Gasteiger partial charge in [0, 0.05) is 12.6 Å². The van der Waals surface area contributed by atoms with Crippen molar-refractivity contribution < 1.29 is 35.6 Å². The molecular weight excluding hydrogens is 468 g/mol. The van der Waals surface area contributed by atoms with Gasteiger partial charge >= 0.3 is 0 Å². The second-order valence-corrected chi connectivity index (χ2v) is 11.3. The van der Waals surface area contributed by atoms with E-state index in [4.69, 9.17) is 5.21 Å². The van der Waals surface area contributed by atoms with Crippen molar-refractivity contribution >= 4 is 26.0 Å². The van der Waals surface area contributed by atoms with Gasteiger partial charge in [-0.3, -0.25) is 10.0 Å². The molecule has 0 fully saturated rings. The van der Waals surface area contributed by atoms with Crippen LogP contribution in [0.4, 0.5) is 8.78 Å². The summed E-state index contributed by atoms with van der Waals surface area (Å²) >= 11 is 0. The SMILES string of the molecule is CC(C)(C)c1ccc(S(=O)(=O)NC(CNS(=O)(=O)c2ccc(F)cc2F)C(=O)NO)cc1. The number of hydrogen-bond acceptors (Lipinski definition) is 6. The number of hydrogen-bond donors (Lipinski definition) is 4. The number of amides is 1. The van der Waals surface area contributed by atoms with E-state index in [-0.39, 0.29) is 10.3 Å². The van der Waals surface area contributed by atoms with Gasteiger partial charge in [-0.2, -0.15) is 4.72 Å². The summed E-state index contributed by atoms with van der Waals surface area (Å²) < 4.78 is 80.6. The Bertz CT molecular complexity index is 1190. The first-order chi connectivity index (χ1) is 14.7. The molecule has 13 heteroatoms. The van der Waals surface area contributed by atoms with Gasteiger partial charge in [0.2, 0.25) is 20.0 Å². The fourth-order valence-corrected chi connectivity index (χ4v) is 4.92. The van der Waals surface area contributed by atoms with Crippen molar-refractivity contribution in [2.45, 2.75) is 42.0 Å². The van der Waals surface area contributed by atoms with Gasteiger partial charge in [-0.25, -0.2) is 35.8 Å². The average Bonchev–Trinajstić information content (AvgIpc) is 2.69. The maximum absolute atomic E-state index is 13.8. The summed E-state index contributed by atoms with van der Waals surface area (Å²) in [4.78, 5) is 10.8. The number of benzene rings is 2. The van der Waals surface area contributed by atoms with Gasteiger partial charge in [0.25, 0.3) is 5.91 Å². The van der Waals surface area contributed by atoms with Crippen LogP contribution < -0.4 is 14.9 Å². The molecule has 0 aliphatic rings. The topological polar surface area (TPSA) is 142 Å². The van der Waals surface area contributed by atoms with Crippen LogP contribution in [0.3, 0.4) is 0 Å². The van der Waals surface area contributed by atoms with Crippen LogP contribution in [0.25, 0.3) is 0 Å². The van der Waals surface area contributed by atoms with Gasteiger partial charge in [0.1, 0.15) is 22.6 Å².